The van der Waals surface area contributed by atoms with Crippen LogP contribution in [0.15, 0.2) is 30.6 Å². The smallest absolute Gasteiger partial charge is 0.222 e. The number of hydrogen-bond donors (Lipinski definition) is 0. The maximum Gasteiger partial charge on any atom is 0.222 e. The summed E-state index contributed by atoms with van der Waals surface area (Å²) < 4.78 is 7.19. The number of aryl methyl sites for hydroxylation is 2. The van der Waals surface area contributed by atoms with E-state index in [0.29, 0.717) is 6.42 Å². The van der Waals surface area contributed by atoms with Crippen LogP contribution in [0, 0.1) is 0 Å². The Balaban J connectivity index is 1.57. The van der Waals surface area contributed by atoms with Gasteiger partial charge in [0.25, 0.3) is 0 Å². The summed E-state index contributed by atoms with van der Waals surface area (Å²) in [6, 6.07) is 7.91. The molecule has 2 heterocycles. The highest BCUT2D eigenvalue weighted by atomic mass is 16.5. The Labute approximate surface area is 142 Å². The molecule has 0 saturated carbocycles. The van der Waals surface area contributed by atoms with Gasteiger partial charge >= 0.3 is 0 Å². The third-order valence-electron chi connectivity index (χ3n) is 4.65. The van der Waals surface area contributed by atoms with Gasteiger partial charge < -0.3 is 14.2 Å². The summed E-state index contributed by atoms with van der Waals surface area (Å²) >= 11 is 0. The average Bonchev–Trinajstić information content (AvgIpc) is 3.06. The molecule has 0 radical (unpaired) electrons. The van der Waals surface area contributed by atoms with Crippen molar-refractivity contribution in [2.45, 2.75) is 31.6 Å². The van der Waals surface area contributed by atoms with Gasteiger partial charge in [-0.1, -0.05) is 12.1 Å². The topological polar surface area (TPSA) is 60.2 Å². The number of rotatable bonds is 5. The predicted octanol–water partition coefficient (Wildman–Crippen LogP) is 2.16. The third kappa shape index (κ3) is 3.75. The summed E-state index contributed by atoms with van der Waals surface area (Å²) in [4.78, 5) is 14.6. The van der Waals surface area contributed by atoms with Crippen LogP contribution in [0.1, 0.15) is 36.6 Å². The fourth-order valence-electron chi connectivity index (χ4n) is 3.31. The van der Waals surface area contributed by atoms with Crippen molar-refractivity contribution in [3.8, 4) is 5.75 Å². The lowest BCUT2D eigenvalue weighted by atomic mass is 9.96. The van der Waals surface area contributed by atoms with E-state index in [4.69, 9.17) is 4.74 Å². The first-order valence-corrected chi connectivity index (χ1v) is 8.42. The molecule has 24 heavy (non-hydrogen) atoms. The van der Waals surface area contributed by atoms with Crippen molar-refractivity contribution in [1.82, 2.24) is 19.7 Å². The number of benzene rings is 1. The van der Waals surface area contributed by atoms with Gasteiger partial charge in [0.15, 0.2) is 0 Å². The number of ether oxygens (including phenoxy) is 1. The van der Waals surface area contributed by atoms with Crippen molar-refractivity contribution in [3.05, 3.63) is 42.0 Å². The van der Waals surface area contributed by atoms with Gasteiger partial charge in [-0.25, -0.2) is 0 Å². The lowest BCUT2D eigenvalue weighted by molar-refractivity contribution is -0.132. The molecule has 1 fully saturated rings. The van der Waals surface area contributed by atoms with Gasteiger partial charge in [0.1, 0.15) is 17.9 Å². The lowest BCUT2D eigenvalue weighted by Crippen LogP contribution is -2.39. The maximum absolute atomic E-state index is 12.6. The van der Waals surface area contributed by atoms with Crippen molar-refractivity contribution >= 4 is 5.91 Å². The first-order valence-electron chi connectivity index (χ1n) is 8.42. The van der Waals surface area contributed by atoms with Crippen molar-refractivity contribution in [2.75, 3.05) is 20.2 Å². The number of carbonyl (C=O) groups excluding carboxylic acids is 1. The Morgan fingerprint density at radius 1 is 1.42 bits per heavy atom. The van der Waals surface area contributed by atoms with Crippen LogP contribution in [0.25, 0.3) is 0 Å². The molecule has 0 aliphatic carbocycles. The number of nitrogens with zero attached hydrogens (tertiary/aromatic N) is 4. The first-order chi connectivity index (χ1) is 11.7. The van der Waals surface area contributed by atoms with E-state index in [9.17, 15) is 4.79 Å². The zero-order chi connectivity index (χ0) is 16.9. The van der Waals surface area contributed by atoms with E-state index in [0.717, 1.165) is 49.5 Å². The standard InChI is InChI=1S/C18H24N4O2/c1-21-13-19-20-18(21)15-6-4-10-22(12-15)17(23)9-8-14-5-3-7-16(11-14)24-2/h3,5,7,11,13,15H,4,6,8-10,12H2,1-2H3/t15-/m1/s1. The van der Waals surface area contributed by atoms with E-state index in [2.05, 4.69) is 10.2 Å². The van der Waals surface area contributed by atoms with E-state index in [1.54, 1.807) is 13.4 Å². The fourth-order valence-corrected chi connectivity index (χ4v) is 3.31. The monoisotopic (exact) mass is 328 g/mol. The molecule has 6 heteroatoms. The average molecular weight is 328 g/mol. The Morgan fingerprint density at radius 2 is 2.29 bits per heavy atom. The second kappa shape index (κ2) is 7.47. The summed E-state index contributed by atoms with van der Waals surface area (Å²) in [6.45, 7) is 1.58. The van der Waals surface area contributed by atoms with Crippen LogP contribution in [0.2, 0.25) is 0 Å². The Morgan fingerprint density at radius 3 is 3.04 bits per heavy atom. The van der Waals surface area contributed by atoms with E-state index in [-0.39, 0.29) is 11.8 Å². The highest BCUT2D eigenvalue weighted by Gasteiger charge is 2.27. The molecular formula is C18H24N4O2. The van der Waals surface area contributed by atoms with E-state index >= 15 is 0 Å². The van der Waals surface area contributed by atoms with Crippen LogP contribution in [0.3, 0.4) is 0 Å². The van der Waals surface area contributed by atoms with Crippen LogP contribution in [-0.4, -0.2) is 45.8 Å². The normalized spacial score (nSPS) is 17.8. The van der Waals surface area contributed by atoms with Gasteiger partial charge in [-0.3, -0.25) is 4.79 Å². The zero-order valence-electron chi connectivity index (χ0n) is 14.3. The first kappa shape index (κ1) is 16.5. The van der Waals surface area contributed by atoms with Gasteiger partial charge in [-0.15, -0.1) is 10.2 Å². The molecule has 0 unspecified atom stereocenters. The van der Waals surface area contributed by atoms with Gasteiger partial charge in [0.05, 0.1) is 7.11 Å². The lowest BCUT2D eigenvalue weighted by Gasteiger charge is -2.32. The van der Waals surface area contributed by atoms with Crippen LogP contribution in [0.5, 0.6) is 5.75 Å². The zero-order valence-corrected chi connectivity index (χ0v) is 14.3. The number of aromatic nitrogens is 3. The second-order valence-electron chi connectivity index (χ2n) is 6.33. The molecule has 1 atom stereocenters. The minimum Gasteiger partial charge on any atom is -0.497 e. The predicted molar refractivity (Wildman–Crippen MR) is 90.9 cm³/mol. The molecule has 1 aliphatic heterocycles. The van der Waals surface area contributed by atoms with Crippen molar-refractivity contribution in [2.24, 2.45) is 7.05 Å². The molecule has 0 bridgehead atoms. The molecule has 6 nitrogen and oxygen atoms in total. The molecule has 0 N–H and O–H groups in total. The summed E-state index contributed by atoms with van der Waals surface area (Å²) in [5.41, 5.74) is 1.13. The van der Waals surface area contributed by atoms with E-state index < -0.39 is 0 Å². The maximum atomic E-state index is 12.6. The molecule has 1 saturated heterocycles. The van der Waals surface area contributed by atoms with Crippen LogP contribution in [0.4, 0.5) is 0 Å². The quantitative estimate of drug-likeness (QED) is 0.844. The Bertz CT molecular complexity index is 698. The number of piperidine rings is 1. The van der Waals surface area contributed by atoms with Gasteiger partial charge in [-0.2, -0.15) is 0 Å². The number of hydrogen-bond acceptors (Lipinski definition) is 4. The number of likely N-dealkylation sites (tertiary alicyclic amines) is 1. The Hall–Kier alpha value is -2.37. The van der Waals surface area contributed by atoms with Crippen molar-refractivity contribution < 1.29 is 9.53 Å². The molecular weight excluding hydrogens is 304 g/mol. The number of carbonyl (C=O) groups is 1. The van der Waals surface area contributed by atoms with Crippen molar-refractivity contribution in [1.29, 1.82) is 0 Å². The van der Waals surface area contributed by atoms with Crippen LogP contribution < -0.4 is 4.74 Å². The van der Waals surface area contributed by atoms with Gasteiger partial charge in [0.2, 0.25) is 5.91 Å². The van der Waals surface area contributed by atoms with Gasteiger partial charge in [-0.05, 0) is 37.0 Å². The summed E-state index contributed by atoms with van der Waals surface area (Å²) in [5, 5.41) is 8.16. The molecule has 1 aromatic heterocycles. The molecule has 1 aliphatic rings. The second-order valence-corrected chi connectivity index (χ2v) is 6.33. The van der Waals surface area contributed by atoms with Crippen LogP contribution >= 0.6 is 0 Å². The molecule has 3 rings (SSSR count). The molecule has 1 aromatic carbocycles. The number of methoxy groups -OCH3 is 1. The van der Waals surface area contributed by atoms with Crippen molar-refractivity contribution in [3.63, 3.8) is 0 Å². The number of amides is 1. The van der Waals surface area contributed by atoms with E-state index in [1.165, 1.54) is 0 Å². The third-order valence-corrected chi connectivity index (χ3v) is 4.65. The largest absolute Gasteiger partial charge is 0.497 e. The minimum absolute atomic E-state index is 0.213. The fraction of sp³-hybridized carbons (Fsp3) is 0.500. The SMILES string of the molecule is COc1cccc(CCC(=O)N2CCC[C@@H](c3nncn3C)C2)c1. The molecule has 0 spiro atoms. The summed E-state index contributed by atoms with van der Waals surface area (Å²) in [6.07, 6.45) is 5.06. The molecule has 2 aromatic rings. The molecule has 1 amide bonds. The minimum atomic E-state index is 0.213. The highest BCUT2D eigenvalue weighted by molar-refractivity contribution is 5.76. The summed E-state index contributed by atoms with van der Waals surface area (Å²) in [7, 11) is 3.61. The van der Waals surface area contributed by atoms with E-state index in [1.807, 2.05) is 40.8 Å². The Kier molecular flexibility index (Phi) is 5.13. The van der Waals surface area contributed by atoms with Crippen LogP contribution in [-0.2, 0) is 18.3 Å². The molecule has 128 valence electrons. The summed E-state index contributed by atoms with van der Waals surface area (Å²) in [5.74, 6) is 2.30. The highest BCUT2D eigenvalue weighted by Crippen LogP contribution is 2.25. The van der Waals surface area contributed by atoms with Gasteiger partial charge in [0, 0.05) is 32.5 Å².